The van der Waals surface area contributed by atoms with Gasteiger partial charge in [-0.05, 0) is 37.3 Å². The van der Waals surface area contributed by atoms with Gasteiger partial charge in [-0.1, -0.05) is 6.07 Å². The first-order valence-corrected chi connectivity index (χ1v) is 11.4. The molecule has 34 heavy (non-hydrogen) atoms. The van der Waals surface area contributed by atoms with Gasteiger partial charge in [0, 0.05) is 35.8 Å². The van der Waals surface area contributed by atoms with Gasteiger partial charge in [0.25, 0.3) is 0 Å². The molecule has 0 aliphatic carbocycles. The summed E-state index contributed by atoms with van der Waals surface area (Å²) in [4.78, 5) is 22.8. The lowest BCUT2D eigenvalue weighted by Crippen LogP contribution is -2.18. The van der Waals surface area contributed by atoms with Gasteiger partial charge >= 0.3 is 6.18 Å². The Kier molecular flexibility index (Phi) is 7.20. The van der Waals surface area contributed by atoms with Crippen LogP contribution in [-0.2, 0) is 22.7 Å². The third-order valence-electron chi connectivity index (χ3n) is 4.49. The van der Waals surface area contributed by atoms with Crippen molar-refractivity contribution >= 4 is 39.2 Å². The third-order valence-corrected chi connectivity index (χ3v) is 5.75. The maximum atomic E-state index is 13.5. The van der Waals surface area contributed by atoms with Crippen molar-refractivity contribution in [1.29, 1.82) is 0 Å². The Morgan fingerprint density at radius 2 is 1.79 bits per heavy atom. The van der Waals surface area contributed by atoms with Gasteiger partial charge in [-0.2, -0.15) is 18.2 Å². The Balaban J connectivity index is 1.86. The molecule has 0 bridgehead atoms. The molecule has 0 spiro atoms. The minimum absolute atomic E-state index is 0.00708. The summed E-state index contributed by atoms with van der Waals surface area (Å²) in [5, 5.41) is 5.34. The molecule has 0 aliphatic rings. The third kappa shape index (κ3) is 6.31. The van der Waals surface area contributed by atoms with Crippen molar-refractivity contribution in [2.75, 3.05) is 21.1 Å². The summed E-state index contributed by atoms with van der Waals surface area (Å²) in [6.07, 6.45) is -2.76. The summed E-state index contributed by atoms with van der Waals surface area (Å²) >= 11 is 0. The Bertz CT molecular complexity index is 1280. The molecule has 10 nitrogen and oxygen atoms in total. The molecule has 1 aromatic carbocycles. The molecule has 0 saturated carbocycles. The van der Waals surface area contributed by atoms with Gasteiger partial charge in [0.05, 0.1) is 5.75 Å². The van der Waals surface area contributed by atoms with Crippen molar-refractivity contribution < 1.29 is 26.4 Å². The molecule has 0 radical (unpaired) electrons. The van der Waals surface area contributed by atoms with Crippen LogP contribution in [0.15, 0.2) is 48.8 Å². The van der Waals surface area contributed by atoms with Crippen LogP contribution in [0.2, 0.25) is 0 Å². The van der Waals surface area contributed by atoms with E-state index in [-0.39, 0.29) is 29.6 Å². The number of hydrogen-bond donors (Lipinski definition) is 4. The molecule has 0 saturated heterocycles. The molecular weight excluding hydrogens is 475 g/mol. The normalized spacial score (nSPS) is 11.6. The van der Waals surface area contributed by atoms with E-state index >= 15 is 0 Å². The highest BCUT2D eigenvalue weighted by atomic mass is 32.2. The van der Waals surface area contributed by atoms with Crippen LogP contribution in [0.1, 0.15) is 28.4 Å². The number of nitrogens with one attached hydrogen (secondary N) is 3. The van der Waals surface area contributed by atoms with Gasteiger partial charge in [0.1, 0.15) is 17.2 Å². The second-order valence-corrected chi connectivity index (χ2v) is 8.90. The van der Waals surface area contributed by atoms with Gasteiger partial charge in [0.15, 0.2) is 0 Å². The molecule has 1 amide bonds. The molecule has 14 heteroatoms. The number of amides is 1. The van der Waals surface area contributed by atoms with Gasteiger partial charge in [0.2, 0.25) is 21.9 Å². The number of rotatable bonds is 9. The highest BCUT2D eigenvalue weighted by Crippen LogP contribution is 2.34. The van der Waals surface area contributed by atoms with Crippen LogP contribution < -0.4 is 21.1 Å². The van der Waals surface area contributed by atoms with E-state index in [0.717, 1.165) is 0 Å². The summed E-state index contributed by atoms with van der Waals surface area (Å²) in [5.74, 6) is -1.49. The minimum atomic E-state index is -4.74. The van der Waals surface area contributed by atoms with Crippen LogP contribution >= 0.6 is 0 Å². The lowest BCUT2D eigenvalue weighted by molar-refractivity contribution is -0.137. The highest BCUT2D eigenvalue weighted by molar-refractivity contribution is 7.92. The van der Waals surface area contributed by atoms with Gasteiger partial charge in [-0.25, -0.2) is 18.4 Å². The van der Waals surface area contributed by atoms with E-state index in [1.54, 1.807) is 0 Å². The highest BCUT2D eigenvalue weighted by Gasteiger charge is 2.35. The molecule has 2 aromatic heterocycles. The van der Waals surface area contributed by atoms with Crippen LogP contribution in [0.5, 0.6) is 0 Å². The zero-order valence-electron chi connectivity index (χ0n) is 17.7. The van der Waals surface area contributed by atoms with E-state index in [2.05, 4.69) is 30.3 Å². The summed E-state index contributed by atoms with van der Waals surface area (Å²) in [5.41, 5.74) is 5.06. The Morgan fingerprint density at radius 1 is 1.09 bits per heavy atom. The van der Waals surface area contributed by atoms with Gasteiger partial charge < -0.3 is 16.4 Å². The van der Waals surface area contributed by atoms with Crippen molar-refractivity contribution in [1.82, 2.24) is 15.0 Å². The number of carbonyl (C=O) groups excluding carboxylic acids is 1. The largest absolute Gasteiger partial charge is 0.421 e. The number of carbonyl (C=O) groups is 1. The van der Waals surface area contributed by atoms with E-state index in [1.165, 1.54) is 49.5 Å². The number of nitrogens with two attached hydrogens (primary N) is 1. The lowest BCUT2D eigenvalue weighted by Gasteiger charge is -2.16. The molecule has 2 heterocycles. The molecule has 0 atom stereocenters. The fourth-order valence-electron chi connectivity index (χ4n) is 2.70. The standard InChI is InChI=1S/C20H20F3N7O3S/c1-2-34(32,33)30-17-13(4-3-9-25-17)10-26-18-15(20(21,22)23)11-27-19(29-18)28-14-7-5-12(6-8-14)16(24)31/h3-9,11H,2,10H2,1H3,(H2,24,31)(H,25,30)(H2,26,27,28,29). The molecule has 3 aromatic rings. The van der Waals surface area contributed by atoms with Crippen molar-refractivity contribution in [2.24, 2.45) is 5.73 Å². The van der Waals surface area contributed by atoms with Crippen molar-refractivity contribution in [3.63, 3.8) is 0 Å². The lowest BCUT2D eigenvalue weighted by atomic mass is 10.2. The zero-order valence-corrected chi connectivity index (χ0v) is 18.5. The van der Waals surface area contributed by atoms with E-state index in [4.69, 9.17) is 5.73 Å². The number of halogens is 3. The van der Waals surface area contributed by atoms with E-state index < -0.39 is 33.5 Å². The fourth-order valence-corrected chi connectivity index (χ4v) is 3.33. The minimum Gasteiger partial charge on any atom is -0.366 e. The topological polar surface area (TPSA) is 152 Å². The number of benzene rings is 1. The molecule has 3 rings (SSSR count). The summed E-state index contributed by atoms with van der Waals surface area (Å²) in [6, 6.07) is 8.91. The predicted molar refractivity (Wildman–Crippen MR) is 120 cm³/mol. The maximum absolute atomic E-state index is 13.5. The van der Waals surface area contributed by atoms with Crippen LogP contribution in [0.25, 0.3) is 0 Å². The first-order valence-electron chi connectivity index (χ1n) is 9.78. The van der Waals surface area contributed by atoms with Crippen molar-refractivity contribution in [3.8, 4) is 0 Å². The number of hydrogen-bond acceptors (Lipinski definition) is 8. The molecule has 5 N–H and O–H groups in total. The molecule has 180 valence electrons. The number of anilines is 4. The smallest absolute Gasteiger partial charge is 0.366 e. The number of sulfonamides is 1. The van der Waals surface area contributed by atoms with Crippen molar-refractivity contribution in [3.05, 3.63) is 65.5 Å². The molecular formula is C20H20F3N7O3S. The number of primary amides is 1. The number of nitrogens with zero attached hydrogens (tertiary/aromatic N) is 3. The predicted octanol–water partition coefficient (Wildman–Crippen LogP) is 3.11. The fraction of sp³-hybridized carbons (Fsp3) is 0.200. The SMILES string of the molecule is CCS(=O)(=O)Nc1ncccc1CNc1nc(Nc2ccc(C(N)=O)cc2)ncc1C(F)(F)F. The monoisotopic (exact) mass is 495 g/mol. The molecule has 0 unspecified atom stereocenters. The van der Waals surface area contributed by atoms with E-state index in [1.807, 2.05) is 0 Å². The zero-order chi connectivity index (χ0) is 24.9. The molecule has 0 fully saturated rings. The number of aromatic nitrogens is 3. The first kappa shape index (κ1) is 24.7. The average Bonchev–Trinajstić information content (AvgIpc) is 2.78. The van der Waals surface area contributed by atoms with Crippen LogP contribution in [0, 0.1) is 0 Å². The van der Waals surface area contributed by atoms with E-state index in [0.29, 0.717) is 17.4 Å². The average molecular weight is 495 g/mol. The van der Waals surface area contributed by atoms with Crippen LogP contribution in [0.3, 0.4) is 0 Å². The van der Waals surface area contributed by atoms with Crippen LogP contribution in [-0.4, -0.2) is 35.0 Å². The van der Waals surface area contributed by atoms with E-state index in [9.17, 15) is 26.4 Å². The number of alkyl halides is 3. The van der Waals surface area contributed by atoms with Gasteiger partial charge in [-0.3, -0.25) is 9.52 Å². The summed E-state index contributed by atoms with van der Waals surface area (Å²) < 4.78 is 66.6. The molecule has 0 aliphatic heterocycles. The van der Waals surface area contributed by atoms with Crippen LogP contribution in [0.4, 0.5) is 36.4 Å². The second-order valence-electron chi connectivity index (χ2n) is 6.89. The summed E-state index contributed by atoms with van der Waals surface area (Å²) in [6.45, 7) is 1.23. The Morgan fingerprint density at radius 3 is 2.41 bits per heavy atom. The quantitative estimate of drug-likeness (QED) is 0.353. The summed E-state index contributed by atoms with van der Waals surface area (Å²) in [7, 11) is -3.64. The number of pyridine rings is 1. The Hall–Kier alpha value is -3.94. The van der Waals surface area contributed by atoms with Gasteiger partial charge in [-0.15, -0.1) is 0 Å². The van der Waals surface area contributed by atoms with Crippen molar-refractivity contribution in [2.45, 2.75) is 19.6 Å². The maximum Gasteiger partial charge on any atom is 0.421 e. The first-order chi connectivity index (χ1) is 16.0. The second kappa shape index (κ2) is 9.91. The Labute approximate surface area is 192 Å².